The molecule has 0 aliphatic carbocycles. The molecule has 0 radical (unpaired) electrons. The highest BCUT2D eigenvalue weighted by atomic mass is 19.1. The number of carboxylic acids is 1. The summed E-state index contributed by atoms with van der Waals surface area (Å²) in [6.07, 6.45) is 5.48. The number of pyridine rings is 1. The number of anilines is 1. The molecule has 0 spiro atoms. The van der Waals surface area contributed by atoms with E-state index in [1.165, 1.54) is 17.7 Å². The Morgan fingerprint density at radius 3 is 3.00 bits per heavy atom. The van der Waals surface area contributed by atoms with E-state index in [0.717, 1.165) is 56.6 Å². The van der Waals surface area contributed by atoms with Gasteiger partial charge in [0.05, 0.1) is 6.10 Å². The average molecular weight is 528 g/mol. The van der Waals surface area contributed by atoms with Crippen LogP contribution in [0, 0.1) is 11.7 Å². The molecule has 2 aromatic rings. The molecule has 0 bridgehead atoms. The molecule has 8 nitrogen and oxygen atoms in total. The van der Waals surface area contributed by atoms with Gasteiger partial charge in [-0.15, -0.1) is 0 Å². The summed E-state index contributed by atoms with van der Waals surface area (Å²) in [5.41, 5.74) is 2.69. The van der Waals surface area contributed by atoms with Crippen LogP contribution in [0.2, 0.25) is 0 Å². The lowest BCUT2D eigenvalue weighted by Gasteiger charge is -2.33. The van der Waals surface area contributed by atoms with Gasteiger partial charge in [0.15, 0.2) is 11.5 Å². The molecule has 0 amide bonds. The molecular weight excluding hydrogens is 489 g/mol. The fraction of sp³-hybridized carbons (Fsp3) is 0.586. The van der Waals surface area contributed by atoms with Gasteiger partial charge in [-0.25, -0.2) is 9.37 Å². The van der Waals surface area contributed by atoms with E-state index < -0.39 is 17.8 Å². The van der Waals surface area contributed by atoms with E-state index in [-0.39, 0.29) is 23.9 Å². The largest absolute Gasteiger partial charge is 0.486 e. The third-order valence-electron chi connectivity index (χ3n) is 7.67. The van der Waals surface area contributed by atoms with Crippen molar-refractivity contribution in [3.05, 3.63) is 46.9 Å². The van der Waals surface area contributed by atoms with Crippen LogP contribution in [-0.2, 0) is 22.4 Å². The van der Waals surface area contributed by atoms with Crippen molar-refractivity contribution < 1.29 is 28.5 Å². The second kappa shape index (κ2) is 11.9. The van der Waals surface area contributed by atoms with Crippen molar-refractivity contribution in [3.8, 4) is 11.5 Å². The summed E-state index contributed by atoms with van der Waals surface area (Å²) in [7, 11) is 0. The zero-order chi connectivity index (χ0) is 26.6. The zero-order valence-electron chi connectivity index (χ0n) is 22.2. The molecule has 1 saturated heterocycles. The Bertz CT molecular complexity index is 1140. The van der Waals surface area contributed by atoms with Gasteiger partial charge in [-0.1, -0.05) is 19.9 Å². The molecule has 3 atom stereocenters. The molecule has 9 heteroatoms. The first kappa shape index (κ1) is 26.7. The molecule has 1 fully saturated rings. The van der Waals surface area contributed by atoms with Crippen LogP contribution in [0.1, 0.15) is 62.4 Å². The summed E-state index contributed by atoms with van der Waals surface area (Å²) in [5.74, 6) is 0.223. The number of aliphatic carboxylic acids is 1. The molecule has 1 aromatic carbocycles. The minimum Gasteiger partial charge on any atom is -0.486 e. The first-order valence-electron chi connectivity index (χ1n) is 13.8. The Morgan fingerprint density at radius 2 is 2.18 bits per heavy atom. The normalized spacial score (nSPS) is 21.7. The van der Waals surface area contributed by atoms with Crippen LogP contribution < -0.4 is 14.8 Å². The van der Waals surface area contributed by atoms with Crippen molar-refractivity contribution in [2.45, 2.75) is 70.6 Å². The number of benzene rings is 1. The van der Waals surface area contributed by atoms with Gasteiger partial charge in [-0.3, -0.25) is 9.69 Å². The Kier molecular flexibility index (Phi) is 8.33. The number of hydrogen-bond donors (Lipinski definition) is 2. The van der Waals surface area contributed by atoms with Crippen molar-refractivity contribution in [3.63, 3.8) is 0 Å². The molecule has 38 heavy (non-hydrogen) atoms. The second-order valence-electron chi connectivity index (χ2n) is 10.8. The summed E-state index contributed by atoms with van der Waals surface area (Å²) in [6, 6.07) is 5.80. The summed E-state index contributed by atoms with van der Waals surface area (Å²) < 4.78 is 32.5. The minimum absolute atomic E-state index is 0.0621. The Hall–Kier alpha value is -2.91. The van der Waals surface area contributed by atoms with Crippen LogP contribution >= 0.6 is 0 Å². The van der Waals surface area contributed by atoms with Gasteiger partial charge in [-0.05, 0) is 62.1 Å². The van der Waals surface area contributed by atoms with Crippen LogP contribution in [0.4, 0.5) is 10.2 Å². The van der Waals surface area contributed by atoms with Gasteiger partial charge in [0.25, 0.3) is 0 Å². The molecule has 3 aliphatic heterocycles. The number of unbranched alkanes of at least 4 members (excludes halogenated alkanes) is 1. The predicted molar refractivity (Wildman–Crippen MR) is 141 cm³/mol. The summed E-state index contributed by atoms with van der Waals surface area (Å²) in [6.45, 7) is 6.95. The van der Waals surface area contributed by atoms with Crippen LogP contribution in [0.5, 0.6) is 11.5 Å². The number of likely N-dealkylation sites (tertiary alicyclic amines) is 1. The fourth-order valence-electron chi connectivity index (χ4n) is 5.49. The van der Waals surface area contributed by atoms with Gasteiger partial charge < -0.3 is 24.6 Å². The molecule has 1 aromatic heterocycles. The monoisotopic (exact) mass is 527 g/mol. The van der Waals surface area contributed by atoms with Gasteiger partial charge in [0.2, 0.25) is 0 Å². The van der Waals surface area contributed by atoms with Crippen LogP contribution in [-0.4, -0.2) is 66.0 Å². The van der Waals surface area contributed by atoms with E-state index in [2.05, 4.69) is 17.4 Å². The summed E-state index contributed by atoms with van der Waals surface area (Å²) in [4.78, 5) is 19.0. The quantitative estimate of drug-likeness (QED) is 0.433. The highest BCUT2D eigenvalue weighted by Gasteiger charge is 2.38. The number of fused-ring (bicyclic) bond motifs is 2. The van der Waals surface area contributed by atoms with E-state index in [9.17, 15) is 14.3 Å². The highest BCUT2D eigenvalue weighted by Crippen LogP contribution is 2.42. The van der Waals surface area contributed by atoms with E-state index in [4.69, 9.17) is 19.2 Å². The Balaban J connectivity index is 1.15. The summed E-state index contributed by atoms with van der Waals surface area (Å²) >= 11 is 0. The second-order valence-corrected chi connectivity index (χ2v) is 10.8. The van der Waals surface area contributed by atoms with Gasteiger partial charge in [-0.2, -0.15) is 0 Å². The third kappa shape index (κ3) is 6.04. The van der Waals surface area contributed by atoms with Gasteiger partial charge in [0, 0.05) is 43.6 Å². The van der Waals surface area contributed by atoms with Crippen molar-refractivity contribution in [1.29, 1.82) is 0 Å². The number of ether oxygens (including phenoxy) is 3. The average Bonchev–Trinajstić information content (AvgIpc) is 3.36. The third-order valence-corrected chi connectivity index (χ3v) is 7.67. The van der Waals surface area contributed by atoms with Crippen molar-refractivity contribution in [2.24, 2.45) is 5.92 Å². The van der Waals surface area contributed by atoms with E-state index in [1.807, 2.05) is 18.7 Å². The maximum Gasteiger partial charge on any atom is 0.325 e. The van der Waals surface area contributed by atoms with Crippen LogP contribution in [0.3, 0.4) is 0 Å². The number of aryl methyl sites for hydroxylation is 2. The molecule has 0 saturated carbocycles. The Morgan fingerprint density at radius 1 is 1.32 bits per heavy atom. The minimum atomic E-state index is -1.04. The first-order valence-corrected chi connectivity index (χ1v) is 13.8. The number of nitrogens with one attached hydrogen (secondary N) is 1. The number of halogens is 1. The number of carboxylic acid groups (broad SMARTS) is 1. The molecule has 0 unspecified atom stereocenters. The Labute approximate surface area is 223 Å². The van der Waals surface area contributed by atoms with Crippen molar-refractivity contribution in [1.82, 2.24) is 9.88 Å². The van der Waals surface area contributed by atoms with Crippen molar-refractivity contribution >= 4 is 11.8 Å². The molecule has 4 heterocycles. The van der Waals surface area contributed by atoms with E-state index in [1.54, 1.807) is 0 Å². The lowest BCUT2D eigenvalue weighted by atomic mass is 10.0. The smallest absolute Gasteiger partial charge is 0.325 e. The molecule has 2 N–H and O–H groups in total. The number of carbonyl (C=O) groups is 1. The van der Waals surface area contributed by atoms with Gasteiger partial charge in [0.1, 0.15) is 30.4 Å². The number of aromatic nitrogens is 1. The number of nitrogens with zero attached hydrogens (tertiary/aromatic N) is 2. The van der Waals surface area contributed by atoms with E-state index in [0.29, 0.717) is 37.6 Å². The number of rotatable bonds is 10. The standard InChI is InChI=1S/C29H38FN3O5/c1-18(2)25-17-37-24-15-20(30)14-23(27(24)38-25)26(29(34)35)33-12-10-22(16-33)36-13-4-3-7-21-9-8-19-6-5-11-31-28(19)32-21/h8-9,14-15,18,22,25-26H,3-7,10-13,16-17H2,1-2H3,(H,31,32)(H,34,35)/t22-,25+,26-/m1/s1. The van der Waals surface area contributed by atoms with Crippen LogP contribution in [0.25, 0.3) is 0 Å². The van der Waals surface area contributed by atoms with Gasteiger partial charge >= 0.3 is 5.97 Å². The van der Waals surface area contributed by atoms with E-state index >= 15 is 0 Å². The zero-order valence-corrected chi connectivity index (χ0v) is 22.2. The lowest BCUT2D eigenvalue weighted by molar-refractivity contribution is -0.143. The molecule has 206 valence electrons. The SMILES string of the molecule is CC(C)[C@@H]1COc2cc(F)cc([C@H](C(=O)O)N3CC[C@@H](OCCCCc4ccc5c(n4)NCCC5)C3)c2O1. The number of hydrogen-bond acceptors (Lipinski definition) is 7. The molecule has 5 rings (SSSR count). The molecular formula is C29H38FN3O5. The fourth-order valence-corrected chi connectivity index (χ4v) is 5.49. The van der Waals surface area contributed by atoms with Crippen LogP contribution in [0.15, 0.2) is 24.3 Å². The maximum absolute atomic E-state index is 14.5. The topological polar surface area (TPSA) is 93.2 Å². The lowest BCUT2D eigenvalue weighted by Crippen LogP contribution is -2.37. The highest BCUT2D eigenvalue weighted by molar-refractivity contribution is 5.77. The predicted octanol–water partition coefficient (Wildman–Crippen LogP) is 4.61. The summed E-state index contributed by atoms with van der Waals surface area (Å²) in [5, 5.41) is 13.5. The molecule has 3 aliphatic rings. The maximum atomic E-state index is 14.5. The first-order chi connectivity index (χ1) is 18.4. The van der Waals surface area contributed by atoms with Crippen molar-refractivity contribution in [2.75, 3.05) is 38.2 Å².